The van der Waals surface area contributed by atoms with Crippen LogP contribution in [0.5, 0.6) is 0 Å². The van der Waals surface area contributed by atoms with Gasteiger partial charge in [-0.25, -0.2) is 0 Å². The number of nitrogens with zero attached hydrogens (tertiary/aromatic N) is 1. The van der Waals surface area contributed by atoms with Crippen molar-refractivity contribution in [2.24, 2.45) is 17.8 Å². The average Bonchev–Trinajstić information content (AvgIpc) is 3.21. The quantitative estimate of drug-likeness (QED) is 0.758. The molecule has 0 spiro atoms. The lowest BCUT2D eigenvalue weighted by molar-refractivity contribution is 0.0924. The molecule has 0 aromatic heterocycles. The predicted octanol–water partition coefficient (Wildman–Crippen LogP) is 3.52. The molecule has 19 heavy (non-hydrogen) atoms. The van der Waals surface area contributed by atoms with E-state index < -0.39 is 0 Å². The molecule has 3 atom stereocenters. The molecule has 0 bridgehead atoms. The molecule has 1 aliphatic heterocycles. The average molecular weight is 266 g/mol. The molecule has 2 nitrogen and oxygen atoms in total. The van der Waals surface area contributed by atoms with E-state index in [-0.39, 0.29) is 0 Å². The summed E-state index contributed by atoms with van der Waals surface area (Å²) < 4.78 is 0. The molecule has 2 aliphatic rings. The van der Waals surface area contributed by atoms with E-state index in [4.69, 9.17) is 0 Å². The van der Waals surface area contributed by atoms with Gasteiger partial charge in [0, 0.05) is 25.2 Å². The van der Waals surface area contributed by atoms with Crippen LogP contribution < -0.4 is 5.32 Å². The van der Waals surface area contributed by atoms with Crippen molar-refractivity contribution in [3.05, 3.63) is 0 Å². The summed E-state index contributed by atoms with van der Waals surface area (Å²) in [6.45, 7) is 13.3. The Morgan fingerprint density at radius 3 is 2.47 bits per heavy atom. The van der Waals surface area contributed by atoms with Crippen LogP contribution in [-0.2, 0) is 0 Å². The van der Waals surface area contributed by atoms with E-state index in [0.29, 0.717) is 0 Å². The number of hydrogen-bond donors (Lipinski definition) is 1. The van der Waals surface area contributed by atoms with Gasteiger partial charge in [0.15, 0.2) is 0 Å². The van der Waals surface area contributed by atoms with Crippen molar-refractivity contribution in [1.82, 2.24) is 10.2 Å². The normalized spacial score (nSPS) is 30.8. The molecule has 1 aliphatic carbocycles. The Morgan fingerprint density at radius 2 is 1.89 bits per heavy atom. The molecule has 3 unspecified atom stereocenters. The summed E-state index contributed by atoms with van der Waals surface area (Å²) in [5.41, 5.74) is 0. The second kappa shape index (κ2) is 7.08. The Labute approximate surface area is 120 Å². The van der Waals surface area contributed by atoms with Gasteiger partial charge in [-0.05, 0) is 56.9 Å². The fourth-order valence-electron chi connectivity index (χ4n) is 3.47. The van der Waals surface area contributed by atoms with Crippen molar-refractivity contribution in [3.8, 4) is 0 Å². The summed E-state index contributed by atoms with van der Waals surface area (Å²) in [6.07, 6.45) is 6.99. The van der Waals surface area contributed by atoms with Crippen LogP contribution in [0.25, 0.3) is 0 Å². The third-order valence-corrected chi connectivity index (χ3v) is 5.18. The molecule has 1 heterocycles. The minimum Gasteiger partial charge on any atom is -0.313 e. The van der Waals surface area contributed by atoms with Gasteiger partial charge >= 0.3 is 0 Å². The molecule has 112 valence electrons. The lowest BCUT2D eigenvalue weighted by Gasteiger charge is -2.41. The van der Waals surface area contributed by atoms with Crippen LogP contribution in [0, 0.1) is 17.8 Å². The van der Waals surface area contributed by atoms with E-state index in [2.05, 4.69) is 37.9 Å². The van der Waals surface area contributed by atoms with Crippen molar-refractivity contribution in [2.75, 3.05) is 19.6 Å². The molecule has 2 fully saturated rings. The van der Waals surface area contributed by atoms with Gasteiger partial charge in [0.25, 0.3) is 0 Å². The smallest absolute Gasteiger partial charge is 0.0198 e. The zero-order valence-electron chi connectivity index (χ0n) is 13.5. The minimum atomic E-state index is 0.735. The van der Waals surface area contributed by atoms with Crippen LogP contribution in [-0.4, -0.2) is 36.6 Å². The summed E-state index contributed by atoms with van der Waals surface area (Å²) in [6, 6.07) is 1.56. The van der Waals surface area contributed by atoms with E-state index in [1.54, 1.807) is 0 Å². The van der Waals surface area contributed by atoms with E-state index >= 15 is 0 Å². The van der Waals surface area contributed by atoms with Gasteiger partial charge in [-0.2, -0.15) is 0 Å². The van der Waals surface area contributed by atoms with Gasteiger partial charge in [0.05, 0.1) is 0 Å². The summed E-state index contributed by atoms with van der Waals surface area (Å²) in [7, 11) is 0. The molecular formula is C17H34N2. The maximum atomic E-state index is 3.82. The molecule has 0 radical (unpaired) electrons. The minimum absolute atomic E-state index is 0.735. The molecule has 2 heteroatoms. The molecule has 0 aromatic carbocycles. The monoisotopic (exact) mass is 266 g/mol. The van der Waals surface area contributed by atoms with Crippen molar-refractivity contribution in [1.29, 1.82) is 0 Å². The van der Waals surface area contributed by atoms with E-state index in [9.17, 15) is 0 Å². The SMILES string of the molecule is CCC1CC(NCCC(C)C)CN(C(C)C2CC2)C1. The van der Waals surface area contributed by atoms with Crippen LogP contribution in [0.1, 0.15) is 59.8 Å². The second-order valence-corrected chi connectivity index (χ2v) is 7.38. The molecule has 0 aromatic rings. The highest BCUT2D eigenvalue weighted by Gasteiger charge is 2.36. The van der Waals surface area contributed by atoms with Crippen LogP contribution in [0.2, 0.25) is 0 Å². The third-order valence-electron chi connectivity index (χ3n) is 5.18. The third kappa shape index (κ3) is 4.75. The van der Waals surface area contributed by atoms with Crippen molar-refractivity contribution in [3.63, 3.8) is 0 Å². The first-order valence-electron chi connectivity index (χ1n) is 8.57. The molecule has 1 saturated heterocycles. The number of likely N-dealkylation sites (tertiary alicyclic amines) is 1. The zero-order valence-corrected chi connectivity index (χ0v) is 13.5. The molecule has 0 amide bonds. The molecule has 1 saturated carbocycles. The summed E-state index contributed by atoms with van der Waals surface area (Å²) in [4.78, 5) is 2.78. The van der Waals surface area contributed by atoms with E-state index in [1.165, 1.54) is 51.7 Å². The van der Waals surface area contributed by atoms with Gasteiger partial charge < -0.3 is 5.32 Å². The van der Waals surface area contributed by atoms with Gasteiger partial charge in [0.1, 0.15) is 0 Å². The predicted molar refractivity (Wildman–Crippen MR) is 83.4 cm³/mol. The van der Waals surface area contributed by atoms with Gasteiger partial charge in [0.2, 0.25) is 0 Å². The zero-order chi connectivity index (χ0) is 13.8. The maximum Gasteiger partial charge on any atom is 0.0198 e. The lowest BCUT2D eigenvalue weighted by atomic mass is 9.90. The molecule has 2 rings (SSSR count). The van der Waals surface area contributed by atoms with Crippen LogP contribution in [0.4, 0.5) is 0 Å². The standard InChI is InChI=1S/C17H34N2/c1-5-15-10-17(18-9-8-13(2)3)12-19(11-15)14(4)16-6-7-16/h13-18H,5-12H2,1-4H3. The van der Waals surface area contributed by atoms with Gasteiger partial charge in [-0.3, -0.25) is 4.90 Å². The summed E-state index contributed by atoms with van der Waals surface area (Å²) in [5.74, 6) is 2.73. The summed E-state index contributed by atoms with van der Waals surface area (Å²) >= 11 is 0. The van der Waals surface area contributed by atoms with Gasteiger partial charge in [-0.15, -0.1) is 0 Å². The Bertz CT molecular complexity index is 260. The van der Waals surface area contributed by atoms with Crippen LogP contribution in [0.15, 0.2) is 0 Å². The second-order valence-electron chi connectivity index (χ2n) is 7.38. The Balaban J connectivity index is 1.81. The first kappa shape index (κ1) is 15.3. The maximum absolute atomic E-state index is 3.82. The highest BCUT2D eigenvalue weighted by Crippen LogP contribution is 2.36. The lowest BCUT2D eigenvalue weighted by Crippen LogP contribution is -2.52. The first-order valence-corrected chi connectivity index (χ1v) is 8.57. The van der Waals surface area contributed by atoms with Crippen molar-refractivity contribution >= 4 is 0 Å². The fourth-order valence-corrected chi connectivity index (χ4v) is 3.47. The summed E-state index contributed by atoms with van der Waals surface area (Å²) in [5, 5.41) is 3.82. The fraction of sp³-hybridized carbons (Fsp3) is 1.00. The van der Waals surface area contributed by atoms with Crippen LogP contribution >= 0.6 is 0 Å². The van der Waals surface area contributed by atoms with E-state index in [1.807, 2.05) is 0 Å². The Kier molecular flexibility index (Phi) is 5.70. The Hall–Kier alpha value is -0.0800. The van der Waals surface area contributed by atoms with Crippen LogP contribution in [0.3, 0.4) is 0 Å². The first-order chi connectivity index (χ1) is 9.10. The topological polar surface area (TPSA) is 15.3 Å². The van der Waals surface area contributed by atoms with Gasteiger partial charge in [-0.1, -0.05) is 27.2 Å². The number of rotatable bonds is 7. The Morgan fingerprint density at radius 1 is 1.16 bits per heavy atom. The van der Waals surface area contributed by atoms with Crippen molar-refractivity contribution in [2.45, 2.75) is 71.9 Å². The number of hydrogen-bond acceptors (Lipinski definition) is 2. The number of nitrogens with one attached hydrogen (secondary N) is 1. The van der Waals surface area contributed by atoms with Crippen molar-refractivity contribution < 1.29 is 0 Å². The molecule has 1 N–H and O–H groups in total. The highest BCUT2D eigenvalue weighted by atomic mass is 15.2. The number of piperidine rings is 1. The van der Waals surface area contributed by atoms with E-state index in [0.717, 1.165) is 29.8 Å². The largest absolute Gasteiger partial charge is 0.313 e. The highest BCUT2D eigenvalue weighted by molar-refractivity contribution is 4.91. The molecular weight excluding hydrogens is 232 g/mol.